The highest BCUT2D eigenvalue weighted by Gasteiger charge is 2.04. The van der Waals surface area contributed by atoms with Gasteiger partial charge in [-0.25, -0.2) is 4.98 Å². The minimum absolute atomic E-state index is 0.380. The Morgan fingerprint density at radius 2 is 2.46 bits per heavy atom. The highest BCUT2D eigenvalue weighted by atomic mass is 15.0. The van der Waals surface area contributed by atoms with E-state index < -0.39 is 0 Å². The van der Waals surface area contributed by atoms with Gasteiger partial charge in [0.25, 0.3) is 0 Å². The van der Waals surface area contributed by atoms with E-state index >= 15 is 0 Å². The monoisotopic (exact) mass is 171 g/mol. The summed E-state index contributed by atoms with van der Waals surface area (Å²) < 4.78 is 0. The van der Waals surface area contributed by atoms with Gasteiger partial charge >= 0.3 is 0 Å². The first kappa shape index (κ1) is 9.09. The molecule has 1 rings (SSSR count). The number of nitrogens with one attached hydrogen (secondary N) is 1. The van der Waals surface area contributed by atoms with Gasteiger partial charge in [0.05, 0.1) is 12.1 Å². The van der Waals surface area contributed by atoms with E-state index in [1.165, 1.54) is 0 Å². The summed E-state index contributed by atoms with van der Waals surface area (Å²) in [4.78, 5) is 4.02. The molecule has 1 heterocycles. The Morgan fingerprint density at radius 1 is 1.69 bits per heavy atom. The number of aryl methyl sites for hydroxylation is 1. The van der Waals surface area contributed by atoms with Crippen LogP contribution in [-0.4, -0.2) is 11.5 Å². The number of rotatable bonds is 2. The summed E-state index contributed by atoms with van der Waals surface area (Å²) in [5.74, 6) is 2.98. The number of nitriles is 1. The number of anilines is 1. The van der Waals surface area contributed by atoms with E-state index in [1.807, 2.05) is 6.92 Å². The average Bonchev–Trinajstić information content (AvgIpc) is 2.15. The molecule has 0 aliphatic heterocycles. The van der Waals surface area contributed by atoms with Crippen LogP contribution < -0.4 is 5.32 Å². The van der Waals surface area contributed by atoms with Crippen LogP contribution >= 0.6 is 0 Å². The van der Waals surface area contributed by atoms with E-state index in [0.29, 0.717) is 17.9 Å². The van der Waals surface area contributed by atoms with Crippen molar-refractivity contribution >= 4 is 5.82 Å². The lowest BCUT2D eigenvalue weighted by Crippen LogP contribution is -2.03. The Kier molecular flexibility index (Phi) is 2.89. The zero-order chi connectivity index (χ0) is 9.68. The molecule has 0 atom stereocenters. The van der Waals surface area contributed by atoms with Crippen LogP contribution in [0.4, 0.5) is 5.82 Å². The Balaban J connectivity index is 3.02. The molecule has 0 unspecified atom stereocenters. The predicted molar refractivity (Wildman–Crippen MR) is 51.0 cm³/mol. The van der Waals surface area contributed by atoms with Crippen LogP contribution in [0.2, 0.25) is 0 Å². The third kappa shape index (κ3) is 1.98. The number of terminal acetylenes is 1. The predicted octanol–water partition coefficient (Wildman–Crippen LogP) is 1.31. The van der Waals surface area contributed by atoms with Gasteiger partial charge in [-0.2, -0.15) is 5.26 Å². The molecule has 0 bridgehead atoms. The number of pyridine rings is 1. The summed E-state index contributed by atoms with van der Waals surface area (Å²) in [5.41, 5.74) is 1.45. The normalized spacial score (nSPS) is 8.54. The lowest BCUT2D eigenvalue weighted by molar-refractivity contribution is 1.20. The quantitative estimate of drug-likeness (QED) is 0.682. The number of aromatic nitrogens is 1. The largest absolute Gasteiger partial charge is 0.358 e. The molecule has 0 amide bonds. The average molecular weight is 171 g/mol. The van der Waals surface area contributed by atoms with Crippen molar-refractivity contribution in [1.29, 1.82) is 5.26 Å². The number of hydrogen-bond acceptors (Lipinski definition) is 3. The van der Waals surface area contributed by atoms with Crippen molar-refractivity contribution in [3.05, 3.63) is 23.4 Å². The maximum atomic E-state index is 8.82. The molecule has 13 heavy (non-hydrogen) atoms. The second-order valence-electron chi connectivity index (χ2n) is 2.52. The first-order valence-electron chi connectivity index (χ1n) is 3.82. The molecule has 1 N–H and O–H groups in total. The lowest BCUT2D eigenvalue weighted by atomic mass is 10.1. The summed E-state index contributed by atoms with van der Waals surface area (Å²) in [5, 5.41) is 11.7. The van der Waals surface area contributed by atoms with Crippen LogP contribution in [0.25, 0.3) is 0 Å². The van der Waals surface area contributed by atoms with Gasteiger partial charge in [0.2, 0.25) is 0 Å². The zero-order valence-electron chi connectivity index (χ0n) is 7.33. The molecule has 0 aliphatic rings. The van der Waals surface area contributed by atoms with Crippen LogP contribution in [0.3, 0.4) is 0 Å². The second kappa shape index (κ2) is 4.13. The summed E-state index contributed by atoms with van der Waals surface area (Å²) in [7, 11) is 0. The molecule has 64 valence electrons. The van der Waals surface area contributed by atoms with Crippen molar-refractivity contribution in [1.82, 2.24) is 4.98 Å². The molecule has 0 fully saturated rings. The van der Waals surface area contributed by atoms with Crippen LogP contribution in [-0.2, 0) is 0 Å². The van der Waals surface area contributed by atoms with Crippen LogP contribution in [0.1, 0.15) is 11.1 Å². The molecule has 0 saturated carbocycles. The fourth-order valence-electron chi connectivity index (χ4n) is 0.968. The van der Waals surface area contributed by atoms with Gasteiger partial charge in [-0.3, -0.25) is 0 Å². The molecule has 0 aliphatic carbocycles. The van der Waals surface area contributed by atoms with Gasteiger partial charge in [-0.15, -0.1) is 6.42 Å². The van der Waals surface area contributed by atoms with Crippen molar-refractivity contribution in [3.63, 3.8) is 0 Å². The minimum atomic E-state index is 0.380. The van der Waals surface area contributed by atoms with E-state index in [9.17, 15) is 0 Å². The van der Waals surface area contributed by atoms with Gasteiger partial charge in [0.1, 0.15) is 11.9 Å². The summed E-state index contributed by atoms with van der Waals surface area (Å²) in [6.45, 7) is 2.24. The molecule has 1 aromatic heterocycles. The first-order valence-corrected chi connectivity index (χ1v) is 3.82. The molecule has 1 aromatic rings. The molecule has 0 saturated heterocycles. The Morgan fingerprint density at radius 3 is 3.08 bits per heavy atom. The zero-order valence-corrected chi connectivity index (χ0v) is 7.33. The van der Waals surface area contributed by atoms with E-state index in [1.54, 1.807) is 12.3 Å². The van der Waals surface area contributed by atoms with Crippen molar-refractivity contribution in [2.75, 3.05) is 11.9 Å². The maximum Gasteiger partial charge on any atom is 0.144 e. The Labute approximate surface area is 77.4 Å². The Bertz CT molecular complexity index is 382. The fraction of sp³-hybridized carbons (Fsp3) is 0.200. The highest BCUT2D eigenvalue weighted by molar-refractivity contribution is 5.55. The molecule has 3 nitrogen and oxygen atoms in total. The molecule has 3 heteroatoms. The maximum absolute atomic E-state index is 8.82. The molecule has 0 aromatic carbocycles. The van der Waals surface area contributed by atoms with E-state index in [-0.39, 0.29) is 0 Å². The summed E-state index contributed by atoms with van der Waals surface area (Å²) in [6.07, 6.45) is 6.73. The Hall–Kier alpha value is -2.00. The van der Waals surface area contributed by atoms with Crippen molar-refractivity contribution in [2.24, 2.45) is 0 Å². The first-order chi connectivity index (χ1) is 6.29. The molecule has 0 spiro atoms. The highest BCUT2D eigenvalue weighted by Crippen LogP contribution is 2.14. The lowest BCUT2D eigenvalue weighted by Gasteiger charge is -2.04. The van der Waals surface area contributed by atoms with Gasteiger partial charge in [-0.05, 0) is 18.6 Å². The van der Waals surface area contributed by atoms with Gasteiger partial charge in [0, 0.05) is 6.20 Å². The van der Waals surface area contributed by atoms with Gasteiger partial charge < -0.3 is 5.32 Å². The van der Waals surface area contributed by atoms with E-state index in [4.69, 9.17) is 11.7 Å². The standard InChI is InChI=1S/C10H9N3/c1-3-5-12-10-9(7-11)8(2)4-6-13-10/h1,4,6H,5H2,2H3,(H,12,13). The van der Waals surface area contributed by atoms with Crippen LogP contribution in [0.15, 0.2) is 12.3 Å². The van der Waals surface area contributed by atoms with Gasteiger partial charge in [-0.1, -0.05) is 5.92 Å². The number of nitrogens with zero attached hydrogens (tertiary/aromatic N) is 2. The van der Waals surface area contributed by atoms with Gasteiger partial charge in [0.15, 0.2) is 0 Å². The van der Waals surface area contributed by atoms with Crippen molar-refractivity contribution in [2.45, 2.75) is 6.92 Å². The van der Waals surface area contributed by atoms with E-state index in [2.05, 4.69) is 22.3 Å². The second-order valence-corrected chi connectivity index (χ2v) is 2.52. The molecular formula is C10H9N3. The minimum Gasteiger partial charge on any atom is -0.358 e. The summed E-state index contributed by atoms with van der Waals surface area (Å²) >= 11 is 0. The number of hydrogen-bond donors (Lipinski definition) is 1. The SMILES string of the molecule is C#CCNc1nccc(C)c1C#N. The fourth-order valence-corrected chi connectivity index (χ4v) is 0.968. The smallest absolute Gasteiger partial charge is 0.144 e. The topological polar surface area (TPSA) is 48.7 Å². The van der Waals surface area contributed by atoms with Crippen LogP contribution in [0, 0.1) is 30.6 Å². The third-order valence-corrected chi connectivity index (χ3v) is 1.63. The third-order valence-electron chi connectivity index (χ3n) is 1.63. The van der Waals surface area contributed by atoms with Crippen LogP contribution in [0.5, 0.6) is 0 Å². The van der Waals surface area contributed by atoms with Crippen molar-refractivity contribution in [3.8, 4) is 18.4 Å². The van der Waals surface area contributed by atoms with E-state index in [0.717, 1.165) is 5.56 Å². The van der Waals surface area contributed by atoms with Crippen molar-refractivity contribution < 1.29 is 0 Å². The summed E-state index contributed by atoms with van der Waals surface area (Å²) in [6, 6.07) is 3.87. The molecule has 0 radical (unpaired) electrons. The molecular weight excluding hydrogens is 162 g/mol.